The van der Waals surface area contributed by atoms with Gasteiger partial charge in [-0.2, -0.15) is 0 Å². The second kappa shape index (κ2) is 6.13. The number of sulfone groups is 1. The van der Waals surface area contributed by atoms with Crippen LogP contribution in [0.25, 0.3) is 0 Å². The average molecular weight is 477 g/mol. The molecule has 3 nitrogen and oxygen atoms in total. The lowest BCUT2D eigenvalue weighted by molar-refractivity contribution is 0.0853. The number of hydrogen-bond donors (Lipinski definition) is 0. The minimum absolute atomic E-state index is 0.294. The Morgan fingerprint density at radius 2 is 1.79 bits per heavy atom. The van der Waals surface area contributed by atoms with E-state index in [1.807, 2.05) is 6.07 Å². The maximum absolute atomic E-state index is 12.3. The number of hydrogen-bond acceptors (Lipinski definition) is 3. The van der Waals surface area contributed by atoms with Crippen molar-refractivity contribution in [3.8, 4) is 0 Å². The summed E-state index contributed by atoms with van der Waals surface area (Å²) in [5, 5.41) is 0. The first kappa shape index (κ1) is 15.9. The van der Waals surface area contributed by atoms with Gasteiger partial charge in [0.05, 0.1) is 4.90 Å². The Balaban J connectivity index is 2.34. The summed E-state index contributed by atoms with van der Waals surface area (Å²) in [6.07, 6.45) is 1.87. The predicted molar refractivity (Wildman–Crippen MR) is 85.9 cm³/mol. The molecule has 1 heterocycles. The number of benzene rings is 1. The lowest BCUT2D eigenvalue weighted by Gasteiger charge is -2.23. The van der Waals surface area contributed by atoms with Crippen molar-refractivity contribution < 1.29 is 13.2 Å². The first-order valence-electron chi connectivity index (χ1n) is 5.81. The number of halogens is 3. The van der Waals surface area contributed by atoms with Gasteiger partial charge in [-0.15, -0.1) is 0 Å². The summed E-state index contributed by atoms with van der Waals surface area (Å²) in [7, 11) is -3.52. The van der Waals surface area contributed by atoms with Crippen molar-refractivity contribution in [2.45, 2.75) is 25.1 Å². The molecule has 0 aromatic heterocycles. The van der Waals surface area contributed by atoms with Crippen LogP contribution in [-0.4, -0.2) is 23.1 Å². The minimum atomic E-state index is -3.52. The van der Waals surface area contributed by atoms with Gasteiger partial charge in [-0.1, -0.05) is 12.1 Å². The molecule has 0 radical (unpaired) electrons. The average Bonchev–Trinajstić information content (AvgIpc) is 2.39. The van der Waals surface area contributed by atoms with Crippen molar-refractivity contribution in [2.24, 2.45) is 0 Å². The molecule has 0 spiro atoms. The first-order valence-corrected chi connectivity index (χ1v) is 9.67. The Labute approximate surface area is 138 Å². The van der Waals surface area contributed by atoms with E-state index in [-0.39, 0.29) is 0 Å². The van der Waals surface area contributed by atoms with Crippen molar-refractivity contribution >= 4 is 57.6 Å². The fourth-order valence-corrected chi connectivity index (χ4v) is 4.60. The molecule has 7 heteroatoms. The Hall–Kier alpha value is 0.570. The van der Waals surface area contributed by atoms with Gasteiger partial charge in [0.1, 0.15) is 0 Å². The quantitative estimate of drug-likeness (QED) is 0.602. The van der Waals surface area contributed by atoms with E-state index in [0.717, 1.165) is 31.6 Å². The molecule has 106 valence electrons. The molecular formula is C12H13Br3O3S. The Bertz CT molecular complexity index is 546. The highest BCUT2D eigenvalue weighted by atomic mass is 80.0. The molecule has 19 heavy (non-hydrogen) atoms. The smallest absolute Gasteiger partial charge is 0.239 e. The van der Waals surface area contributed by atoms with Crippen LogP contribution >= 0.6 is 47.8 Å². The fourth-order valence-electron chi connectivity index (χ4n) is 2.10. The van der Waals surface area contributed by atoms with E-state index < -0.39 is 11.3 Å². The summed E-state index contributed by atoms with van der Waals surface area (Å²) in [6, 6.07) is 7.13. The number of ether oxygens (including phenoxy) is 1. The molecule has 0 N–H and O–H groups in total. The van der Waals surface area contributed by atoms with Crippen molar-refractivity contribution in [1.29, 1.82) is 0 Å². The molecule has 0 saturated carbocycles. The molecule has 1 aromatic rings. The SMILES string of the molecule is O=S(=O)(c1cccc(C2CCOCC2)c1)C(Br)(Br)Br. The van der Waals surface area contributed by atoms with Crippen LogP contribution in [0.15, 0.2) is 29.2 Å². The van der Waals surface area contributed by atoms with Gasteiger partial charge in [0, 0.05) is 13.2 Å². The van der Waals surface area contributed by atoms with E-state index in [1.54, 1.807) is 18.2 Å². The number of rotatable bonds is 2. The third kappa shape index (κ3) is 3.61. The predicted octanol–water partition coefficient (Wildman–Crippen LogP) is 4.15. The molecule has 2 rings (SSSR count). The largest absolute Gasteiger partial charge is 0.381 e. The molecule has 0 amide bonds. The van der Waals surface area contributed by atoms with Crippen LogP contribution < -0.4 is 0 Å². The zero-order chi connectivity index (χ0) is 14.1. The van der Waals surface area contributed by atoms with Crippen LogP contribution in [-0.2, 0) is 14.6 Å². The van der Waals surface area contributed by atoms with Gasteiger partial charge in [0.15, 0.2) is 0 Å². The van der Waals surface area contributed by atoms with Crippen LogP contribution in [0.4, 0.5) is 0 Å². The summed E-state index contributed by atoms with van der Waals surface area (Å²) in [6.45, 7) is 1.47. The monoisotopic (exact) mass is 474 g/mol. The number of alkyl halides is 3. The molecule has 1 saturated heterocycles. The Morgan fingerprint density at radius 1 is 1.16 bits per heavy atom. The van der Waals surface area contributed by atoms with Gasteiger partial charge < -0.3 is 4.74 Å². The van der Waals surface area contributed by atoms with Crippen molar-refractivity contribution in [3.05, 3.63) is 29.8 Å². The standard InChI is InChI=1S/C12H13Br3O3S/c13-12(14,15)19(16,17)11-3-1-2-10(8-11)9-4-6-18-7-5-9/h1-3,8-9H,4-7H2. The van der Waals surface area contributed by atoms with Gasteiger partial charge in [-0.3, -0.25) is 0 Å². The Morgan fingerprint density at radius 3 is 2.37 bits per heavy atom. The van der Waals surface area contributed by atoms with Crippen molar-refractivity contribution in [3.63, 3.8) is 0 Å². The van der Waals surface area contributed by atoms with E-state index in [1.165, 1.54) is 0 Å². The third-order valence-electron chi connectivity index (χ3n) is 3.17. The molecule has 1 aromatic carbocycles. The molecular weight excluding hydrogens is 464 g/mol. The summed E-state index contributed by atoms with van der Waals surface area (Å²) >= 11 is 9.25. The zero-order valence-corrected chi connectivity index (χ0v) is 15.6. The zero-order valence-electron chi connectivity index (χ0n) is 9.98. The topological polar surface area (TPSA) is 43.4 Å². The summed E-state index contributed by atoms with van der Waals surface area (Å²) in [4.78, 5) is 0.294. The van der Waals surface area contributed by atoms with Gasteiger partial charge in [0.2, 0.25) is 11.3 Å². The molecule has 1 aliphatic heterocycles. The molecule has 0 bridgehead atoms. The summed E-state index contributed by atoms with van der Waals surface area (Å²) in [5.41, 5.74) is 1.06. The second-order valence-electron chi connectivity index (χ2n) is 4.41. The van der Waals surface area contributed by atoms with Crippen LogP contribution in [0, 0.1) is 0 Å². The highest BCUT2D eigenvalue weighted by molar-refractivity contribution is 9.42. The van der Waals surface area contributed by atoms with E-state index in [0.29, 0.717) is 10.8 Å². The van der Waals surface area contributed by atoms with Crippen LogP contribution in [0.5, 0.6) is 0 Å². The fraction of sp³-hybridized carbons (Fsp3) is 0.500. The normalized spacial score (nSPS) is 18.5. The van der Waals surface area contributed by atoms with E-state index in [2.05, 4.69) is 47.8 Å². The highest BCUT2D eigenvalue weighted by Crippen LogP contribution is 2.43. The summed E-state index contributed by atoms with van der Waals surface area (Å²) in [5.74, 6) is 0.374. The maximum atomic E-state index is 12.3. The maximum Gasteiger partial charge on any atom is 0.239 e. The van der Waals surface area contributed by atoms with E-state index in [9.17, 15) is 8.42 Å². The summed E-state index contributed by atoms with van der Waals surface area (Å²) < 4.78 is 28.7. The molecule has 0 unspecified atom stereocenters. The van der Waals surface area contributed by atoms with Crippen LogP contribution in [0.3, 0.4) is 0 Å². The second-order valence-corrected chi connectivity index (χ2v) is 14.8. The van der Waals surface area contributed by atoms with Gasteiger partial charge >= 0.3 is 0 Å². The van der Waals surface area contributed by atoms with Crippen LogP contribution in [0.2, 0.25) is 0 Å². The first-order chi connectivity index (χ1) is 8.82. The molecule has 0 atom stereocenters. The van der Waals surface area contributed by atoms with Gasteiger partial charge in [0.25, 0.3) is 0 Å². The molecule has 0 aliphatic carbocycles. The lowest BCUT2D eigenvalue weighted by Crippen LogP contribution is -2.19. The van der Waals surface area contributed by atoms with Crippen molar-refractivity contribution in [1.82, 2.24) is 0 Å². The van der Waals surface area contributed by atoms with Crippen LogP contribution in [0.1, 0.15) is 24.3 Å². The molecule has 1 fully saturated rings. The minimum Gasteiger partial charge on any atom is -0.381 e. The van der Waals surface area contributed by atoms with E-state index in [4.69, 9.17) is 4.74 Å². The van der Waals surface area contributed by atoms with Gasteiger partial charge in [-0.25, -0.2) is 8.42 Å². The van der Waals surface area contributed by atoms with Crippen molar-refractivity contribution in [2.75, 3.05) is 13.2 Å². The molecule has 1 aliphatic rings. The highest BCUT2D eigenvalue weighted by Gasteiger charge is 2.37. The van der Waals surface area contributed by atoms with Gasteiger partial charge in [-0.05, 0) is 84.2 Å². The lowest BCUT2D eigenvalue weighted by atomic mass is 9.92. The Kier molecular flexibility index (Phi) is 5.15. The van der Waals surface area contributed by atoms with E-state index >= 15 is 0 Å². The third-order valence-corrected chi connectivity index (χ3v) is 8.49.